The first-order valence-corrected chi connectivity index (χ1v) is 9.00. The van der Waals surface area contributed by atoms with E-state index < -0.39 is 11.4 Å². The van der Waals surface area contributed by atoms with Crippen LogP contribution in [0.1, 0.15) is 26.3 Å². The molecule has 1 aliphatic rings. The van der Waals surface area contributed by atoms with Crippen molar-refractivity contribution < 1.29 is 13.9 Å². The molecule has 0 saturated carbocycles. The minimum Gasteiger partial charge on any atom is -0.444 e. The molecule has 0 unspecified atom stereocenters. The number of hydrogen-bond acceptors (Lipinski definition) is 6. The summed E-state index contributed by atoms with van der Waals surface area (Å²) in [6.07, 6.45) is -0.289. The number of ether oxygens (including phenoxy) is 1. The van der Waals surface area contributed by atoms with E-state index in [2.05, 4.69) is 11.0 Å². The summed E-state index contributed by atoms with van der Waals surface area (Å²) in [7, 11) is 0. The van der Waals surface area contributed by atoms with Crippen LogP contribution in [0.15, 0.2) is 27.4 Å². The van der Waals surface area contributed by atoms with Gasteiger partial charge in [0, 0.05) is 39.3 Å². The Morgan fingerprint density at radius 2 is 1.93 bits per heavy atom. The Hall–Kier alpha value is -2.79. The molecule has 27 heavy (non-hydrogen) atoms. The predicted octanol–water partition coefficient (Wildman–Crippen LogP) is 2.02. The highest BCUT2D eigenvalue weighted by atomic mass is 16.6. The van der Waals surface area contributed by atoms with Crippen LogP contribution < -0.4 is 5.76 Å². The molecule has 0 spiro atoms. The number of rotatable bonds is 3. The van der Waals surface area contributed by atoms with Gasteiger partial charge in [-0.3, -0.25) is 9.47 Å². The Kier molecular flexibility index (Phi) is 5.24. The first-order valence-electron chi connectivity index (χ1n) is 9.00. The fraction of sp³-hybridized carbons (Fsp3) is 0.526. The maximum Gasteiger partial charge on any atom is 0.419 e. The summed E-state index contributed by atoms with van der Waals surface area (Å²) in [4.78, 5) is 28.1. The molecule has 0 N–H and O–H groups in total. The van der Waals surface area contributed by atoms with E-state index in [9.17, 15) is 9.59 Å². The Labute approximate surface area is 157 Å². The van der Waals surface area contributed by atoms with E-state index in [0.29, 0.717) is 55.9 Å². The van der Waals surface area contributed by atoms with E-state index in [1.165, 1.54) is 0 Å². The summed E-state index contributed by atoms with van der Waals surface area (Å²) in [6, 6.07) is 7.02. The number of amides is 1. The Balaban J connectivity index is 1.59. The molecule has 0 radical (unpaired) electrons. The van der Waals surface area contributed by atoms with Crippen LogP contribution in [0.25, 0.3) is 11.1 Å². The maximum atomic E-state index is 12.1. The monoisotopic (exact) mass is 372 g/mol. The van der Waals surface area contributed by atoms with Crippen molar-refractivity contribution in [1.29, 1.82) is 5.26 Å². The SMILES string of the molecule is CC(C)(C)OC(=O)N1CCN(CCn2c(=O)oc3ccc(C#N)cc32)CC1. The van der Waals surface area contributed by atoms with Gasteiger partial charge in [-0.1, -0.05) is 0 Å². The van der Waals surface area contributed by atoms with Gasteiger partial charge in [0.2, 0.25) is 0 Å². The molecule has 8 heteroatoms. The highest BCUT2D eigenvalue weighted by Crippen LogP contribution is 2.15. The van der Waals surface area contributed by atoms with Crippen LogP contribution >= 0.6 is 0 Å². The van der Waals surface area contributed by atoms with Gasteiger partial charge in [0.05, 0.1) is 17.1 Å². The highest BCUT2D eigenvalue weighted by Gasteiger charge is 2.25. The smallest absolute Gasteiger partial charge is 0.419 e. The van der Waals surface area contributed by atoms with Crippen molar-refractivity contribution in [2.75, 3.05) is 32.7 Å². The fourth-order valence-electron chi connectivity index (χ4n) is 3.07. The molecular formula is C19H24N4O4. The standard InChI is InChI=1S/C19H24N4O4/c1-19(2,3)27-17(24)22-9-6-21(7-10-22)8-11-23-15-12-14(13-20)4-5-16(15)26-18(23)25/h4-5,12H,6-11H2,1-3H3. The van der Waals surface area contributed by atoms with Gasteiger partial charge in [0.1, 0.15) is 5.60 Å². The lowest BCUT2D eigenvalue weighted by atomic mass is 10.2. The molecule has 0 atom stereocenters. The Morgan fingerprint density at radius 3 is 2.56 bits per heavy atom. The van der Waals surface area contributed by atoms with Crippen molar-refractivity contribution in [3.05, 3.63) is 34.3 Å². The molecule has 1 aliphatic heterocycles. The minimum absolute atomic E-state index is 0.289. The lowest BCUT2D eigenvalue weighted by Gasteiger charge is -2.35. The van der Waals surface area contributed by atoms with E-state index in [0.717, 1.165) is 0 Å². The predicted molar refractivity (Wildman–Crippen MR) is 99.4 cm³/mol. The molecule has 8 nitrogen and oxygen atoms in total. The summed E-state index contributed by atoms with van der Waals surface area (Å²) in [5, 5.41) is 9.05. The van der Waals surface area contributed by atoms with Crippen molar-refractivity contribution in [3.8, 4) is 6.07 Å². The number of piperazine rings is 1. The summed E-state index contributed by atoms with van der Waals surface area (Å²) >= 11 is 0. The van der Waals surface area contributed by atoms with Crippen molar-refractivity contribution in [2.45, 2.75) is 32.9 Å². The van der Waals surface area contributed by atoms with Gasteiger partial charge in [-0.05, 0) is 39.0 Å². The first kappa shape index (κ1) is 19.0. The van der Waals surface area contributed by atoms with Crippen LogP contribution in [0.2, 0.25) is 0 Å². The van der Waals surface area contributed by atoms with E-state index in [1.807, 2.05) is 20.8 Å². The topological polar surface area (TPSA) is 91.7 Å². The van der Waals surface area contributed by atoms with Gasteiger partial charge in [0.15, 0.2) is 5.58 Å². The number of oxazole rings is 1. The summed E-state index contributed by atoms with van der Waals surface area (Å²) in [5.41, 5.74) is 1.10. The average Bonchev–Trinajstić information content (AvgIpc) is 2.93. The number of benzene rings is 1. The van der Waals surface area contributed by atoms with Crippen molar-refractivity contribution in [2.24, 2.45) is 0 Å². The zero-order valence-electron chi connectivity index (χ0n) is 15.9. The number of aromatic nitrogens is 1. The summed E-state index contributed by atoms with van der Waals surface area (Å²) in [5.74, 6) is -0.424. The molecule has 144 valence electrons. The van der Waals surface area contributed by atoms with Gasteiger partial charge in [0.25, 0.3) is 0 Å². The lowest BCUT2D eigenvalue weighted by molar-refractivity contribution is 0.0143. The number of fused-ring (bicyclic) bond motifs is 1. The Bertz CT molecular complexity index is 924. The van der Waals surface area contributed by atoms with E-state index in [1.54, 1.807) is 27.7 Å². The largest absolute Gasteiger partial charge is 0.444 e. The molecule has 1 saturated heterocycles. The molecule has 1 aromatic carbocycles. The lowest BCUT2D eigenvalue weighted by Crippen LogP contribution is -2.50. The second-order valence-electron chi connectivity index (χ2n) is 7.62. The van der Waals surface area contributed by atoms with Crippen LogP contribution in [0.5, 0.6) is 0 Å². The van der Waals surface area contributed by atoms with Gasteiger partial charge in [-0.15, -0.1) is 0 Å². The van der Waals surface area contributed by atoms with Crippen LogP contribution in [0.4, 0.5) is 4.79 Å². The van der Waals surface area contributed by atoms with E-state index in [-0.39, 0.29) is 6.09 Å². The molecule has 1 aromatic heterocycles. The third kappa shape index (κ3) is 4.49. The fourth-order valence-corrected chi connectivity index (χ4v) is 3.07. The molecule has 3 rings (SSSR count). The normalized spacial score (nSPS) is 15.7. The maximum absolute atomic E-state index is 12.1. The highest BCUT2D eigenvalue weighted by molar-refractivity contribution is 5.74. The van der Waals surface area contributed by atoms with Crippen molar-refractivity contribution in [3.63, 3.8) is 0 Å². The molecule has 2 aromatic rings. The summed E-state index contributed by atoms with van der Waals surface area (Å²) in [6.45, 7) is 9.30. The van der Waals surface area contributed by atoms with Crippen LogP contribution in [0.3, 0.4) is 0 Å². The number of nitrogens with zero attached hydrogens (tertiary/aromatic N) is 4. The Morgan fingerprint density at radius 1 is 1.22 bits per heavy atom. The van der Waals surface area contributed by atoms with E-state index in [4.69, 9.17) is 14.4 Å². The second kappa shape index (κ2) is 7.45. The number of carbonyl (C=O) groups excluding carboxylic acids is 1. The molecule has 1 amide bonds. The molecule has 2 heterocycles. The summed E-state index contributed by atoms with van der Waals surface area (Å²) < 4.78 is 12.2. The van der Waals surface area contributed by atoms with Crippen LogP contribution in [-0.4, -0.2) is 58.8 Å². The van der Waals surface area contributed by atoms with Crippen LogP contribution in [0, 0.1) is 11.3 Å². The van der Waals surface area contributed by atoms with Gasteiger partial charge < -0.3 is 14.1 Å². The van der Waals surface area contributed by atoms with Crippen molar-refractivity contribution in [1.82, 2.24) is 14.4 Å². The minimum atomic E-state index is -0.500. The molecule has 0 aliphatic carbocycles. The zero-order chi connectivity index (χ0) is 19.6. The molecule has 1 fully saturated rings. The van der Waals surface area contributed by atoms with Crippen molar-refractivity contribution >= 4 is 17.2 Å². The van der Waals surface area contributed by atoms with Gasteiger partial charge >= 0.3 is 11.8 Å². The second-order valence-corrected chi connectivity index (χ2v) is 7.62. The quantitative estimate of drug-likeness (QED) is 0.818. The first-order chi connectivity index (χ1) is 12.8. The average molecular weight is 372 g/mol. The van der Waals surface area contributed by atoms with Gasteiger partial charge in [-0.2, -0.15) is 5.26 Å². The number of nitriles is 1. The number of hydrogen-bond donors (Lipinski definition) is 0. The molecular weight excluding hydrogens is 348 g/mol. The van der Waals surface area contributed by atoms with Gasteiger partial charge in [-0.25, -0.2) is 9.59 Å². The van der Waals surface area contributed by atoms with E-state index >= 15 is 0 Å². The molecule has 0 bridgehead atoms. The van der Waals surface area contributed by atoms with Crippen LogP contribution in [-0.2, 0) is 11.3 Å². The third-order valence-corrected chi connectivity index (χ3v) is 4.46. The third-order valence-electron chi connectivity index (χ3n) is 4.46. The number of carbonyl (C=O) groups is 1. The zero-order valence-corrected chi connectivity index (χ0v) is 15.9.